The van der Waals surface area contributed by atoms with E-state index in [9.17, 15) is 0 Å². The van der Waals surface area contributed by atoms with E-state index in [1.165, 1.54) is 6.34 Å². The quantitative estimate of drug-likeness (QED) is 0.540. The fraction of sp³-hybridized carbons (Fsp3) is 0.250. The Labute approximate surface area is 125 Å². The number of amidine groups is 2. The summed E-state index contributed by atoms with van der Waals surface area (Å²) in [7, 11) is 0. The minimum absolute atomic E-state index is 0.226. The molecule has 112 valence electrons. The van der Waals surface area contributed by atoms with E-state index >= 15 is 0 Å². The van der Waals surface area contributed by atoms with Crippen molar-refractivity contribution in [1.29, 1.82) is 5.41 Å². The van der Waals surface area contributed by atoms with Gasteiger partial charge in [-0.3, -0.25) is 10.4 Å². The molecule has 4 heterocycles. The highest BCUT2D eigenvalue weighted by atomic mass is 15.2. The molecule has 5 N–H and O–H groups in total. The Bertz CT molecular complexity index is 830. The minimum Gasteiger partial charge on any atom is -0.382 e. The number of H-pyrrole nitrogens is 1. The third-order valence-electron chi connectivity index (χ3n) is 3.25. The molecule has 0 amide bonds. The van der Waals surface area contributed by atoms with Crippen molar-refractivity contribution < 1.29 is 0 Å². The number of aromatic nitrogens is 4. The summed E-state index contributed by atoms with van der Waals surface area (Å²) in [6.45, 7) is 3.59. The van der Waals surface area contributed by atoms with Crippen molar-refractivity contribution in [3.8, 4) is 0 Å². The first-order valence-electron chi connectivity index (χ1n) is 6.44. The van der Waals surface area contributed by atoms with E-state index in [0.29, 0.717) is 28.6 Å². The molecule has 0 saturated carbocycles. The molecule has 0 aromatic carbocycles. The fourth-order valence-electron chi connectivity index (χ4n) is 2.00. The van der Waals surface area contributed by atoms with Gasteiger partial charge in [-0.2, -0.15) is 0 Å². The number of nitrogen functional groups attached to an aromatic ring is 1. The highest BCUT2D eigenvalue weighted by Crippen LogP contribution is 2.19. The number of hydrogen-bond donors (Lipinski definition) is 4. The molecule has 0 radical (unpaired) electrons. The van der Waals surface area contributed by atoms with Crippen LogP contribution in [0.5, 0.6) is 0 Å². The standard InChI is InChI=1S/2C6H7N5/c1-6-4(7)8-2-9-5(6)10-3-11-6;1-3-10-5(7)4-6(11-3)9-2-8-4/h2-3H,1H3,(H2,7,8,9,10,11);2H,1H3,(H3,7,8,9,10,11). The Morgan fingerprint density at radius 2 is 2.14 bits per heavy atom. The van der Waals surface area contributed by atoms with Gasteiger partial charge in [0.05, 0.1) is 12.7 Å². The molecular formula is C12H14N10. The average Bonchev–Trinajstić information content (AvgIpc) is 3.07. The number of rotatable bonds is 0. The molecule has 2 aliphatic rings. The Kier molecular flexibility index (Phi) is 3.13. The zero-order valence-electron chi connectivity index (χ0n) is 12.0. The normalized spacial score (nSPS) is 21.9. The van der Waals surface area contributed by atoms with Gasteiger partial charge < -0.3 is 16.0 Å². The van der Waals surface area contributed by atoms with Crippen LogP contribution in [-0.4, -0.2) is 49.8 Å². The molecule has 0 saturated heterocycles. The summed E-state index contributed by atoms with van der Waals surface area (Å²) in [6, 6.07) is 0. The number of aromatic amines is 1. The first-order valence-corrected chi connectivity index (χ1v) is 6.44. The Morgan fingerprint density at radius 3 is 2.91 bits per heavy atom. The average molecular weight is 298 g/mol. The number of aliphatic imine (C=N–C) groups is 3. The largest absolute Gasteiger partial charge is 0.382 e. The lowest BCUT2D eigenvalue weighted by molar-refractivity contribution is 0.824. The molecule has 1 unspecified atom stereocenters. The van der Waals surface area contributed by atoms with Crippen molar-refractivity contribution in [3.63, 3.8) is 0 Å². The summed E-state index contributed by atoms with van der Waals surface area (Å²) >= 11 is 0. The number of fused-ring (bicyclic) bond motifs is 2. The molecule has 0 fully saturated rings. The SMILES string of the molecule is CC12N=CNC1=NC=NC2=N.Cc1nc(N)c2[nH]cnc2n1. The summed E-state index contributed by atoms with van der Waals surface area (Å²) in [5.41, 5.74) is 6.25. The van der Waals surface area contributed by atoms with E-state index in [2.05, 4.69) is 40.2 Å². The third kappa shape index (κ3) is 2.20. The van der Waals surface area contributed by atoms with Crippen molar-refractivity contribution in [1.82, 2.24) is 25.3 Å². The molecule has 0 spiro atoms. The van der Waals surface area contributed by atoms with E-state index < -0.39 is 5.54 Å². The van der Waals surface area contributed by atoms with Gasteiger partial charge in [0.1, 0.15) is 23.5 Å². The second-order valence-electron chi connectivity index (χ2n) is 4.80. The second kappa shape index (κ2) is 4.98. The predicted octanol–water partition coefficient (Wildman–Crippen LogP) is 0.0378. The summed E-state index contributed by atoms with van der Waals surface area (Å²) in [6.07, 6.45) is 4.46. The van der Waals surface area contributed by atoms with Crippen LogP contribution in [0.3, 0.4) is 0 Å². The second-order valence-corrected chi connectivity index (χ2v) is 4.80. The molecule has 0 bridgehead atoms. The number of nitrogens with two attached hydrogens (primary N) is 1. The molecular weight excluding hydrogens is 284 g/mol. The van der Waals surface area contributed by atoms with E-state index in [0.717, 1.165) is 0 Å². The molecule has 1 atom stereocenters. The van der Waals surface area contributed by atoms with Gasteiger partial charge in [0.25, 0.3) is 0 Å². The number of anilines is 1. The first-order chi connectivity index (χ1) is 10.5. The molecule has 2 aliphatic heterocycles. The topological polar surface area (TPSA) is 153 Å². The summed E-state index contributed by atoms with van der Waals surface area (Å²) in [5, 5.41) is 10.3. The van der Waals surface area contributed by atoms with Crippen LogP contribution in [0, 0.1) is 12.3 Å². The summed E-state index contributed by atoms with van der Waals surface area (Å²) in [4.78, 5) is 26.6. The lowest BCUT2D eigenvalue weighted by Gasteiger charge is -2.20. The van der Waals surface area contributed by atoms with E-state index in [1.54, 1.807) is 26.5 Å². The lowest BCUT2D eigenvalue weighted by Crippen LogP contribution is -2.44. The molecule has 10 heteroatoms. The molecule has 0 aliphatic carbocycles. The Hall–Kier alpha value is -3.17. The predicted molar refractivity (Wildman–Crippen MR) is 84.5 cm³/mol. The monoisotopic (exact) mass is 298 g/mol. The van der Waals surface area contributed by atoms with Crippen LogP contribution in [0.15, 0.2) is 21.3 Å². The zero-order valence-corrected chi connectivity index (χ0v) is 12.0. The number of hydrogen-bond acceptors (Lipinski definition) is 8. The van der Waals surface area contributed by atoms with Gasteiger partial charge in [0.2, 0.25) is 0 Å². The maximum Gasteiger partial charge on any atom is 0.183 e. The third-order valence-corrected chi connectivity index (χ3v) is 3.25. The highest BCUT2D eigenvalue weighted by Gasteiger charge is 2.39. The van der Waals surface area contributed by atoms with Crippen LogP contribution in [-0.2, 0) is 0 Å². The molecule has 2 aromatic heterocycles. The molecule has 22 heavy (non-hydrogen) atoms. The van der Waals surface area contributed by atoms with Crippen LogP contribution in [0.4, 0.5) is 5.82 Å². The Balaban J connectivity index is 0.000000131. The summed E-state index contributed by atoms with van der Waals surface area (Å²) < 4.78 is 0. The first kappa shape index (κ1) is 13.8. The van der Waals surface area contributed by atoms with Crippen molar-refractivity contribution in [3.05, 3.63) is 12.2 Å². The van der Waals surface area contributed by atoms with E-state index in [-0.39, 0.29) is 5.84 Å². The highest BCUT2D eigenvalue weighted by molar-refractivity contribution is 6.23. The van der Waals surface area contributed by atoms with Crippen molar-refractivity contribution >= 4 is 41.3 Å². The molecule has 4 rings (SSSR count). The van der Waals surface area contributed by atoms with Crippen molar-refractivity contribution in [2.75, 3.05) is 5.73 Å². The van der Waals surface area contributed by atoms with Gasteiger partial charge >= 0.3 is 0 Å². The van der Waals surface area contributed by atoms with Crippen LogP contribution in [0.2, 0.25) is 0 Å². The maximum atomic E-state index is 7.48. The zero-order chi connectivity index (χ0) is 15.7. The van der Waals surface area contributed by atoms with Gasteiger partial charge in [-0.15, -0.1) is 0 Å². The van der Waals surface area contributed by atoms with Crippen molar-refractivity contribution in [2.45, 2.75) is 19.4 Å². The van der Waals surface area contributed by atoms with Gasteiger partial charge in [-0.1, -0.05) is 0 Å². The van der Waals surface area contributed by atoms with E-state index in [4.69, 9.17) is 11.1 Å². The van der Waals surface area contributed by atoms with Gasteiger partial charge in [-0.05, 0) is 13.8 Å². The summed E-state index contributed by atoms with van der Waals surface area (Å²) in [5.74, 6) is 1.99. The van der Waals surface area contributed by atoms with Crippen LogP contribution in [0.25, 0.3) is 11.2 Å². The smallest absolute Gasteiger partial charge is 0.183 e. The van der Waals surface area contributed by atoms with Crippen molar-refractivity contribution in [2.24, 2.45) is 15.0 Å². The number of nitrogens with zero attached hydrogens (tertiary/aromatic N) is 6. The minimum atomic E-state index is -0.658. The maximum absolute atomic E-state index is 7.48. The number of nitrogens with one attached hydrogen (secondary N) is 3. The fourth-order valence-corrected chi connectivity index (χ4v) is 2.00. The number of aryl methyl sites for hydroxylation is 1. The molecule has 10 nitrogen and oxygen atoms in total. The lowest BCUT2D eigenvalue weighted by atomic mass is 10.0. The van der Waals surface area contributed by atoms with Crippen LogP contribution in [0.1, 0.15) is 12.7 Å². The van der Waals surface area contributed by atoms with Crippen LogP contribution < -0.4 is 11.1 Å². The number of imidazole rings is 1. The van der Waals surface area contributed by atoms with Gasteiger partial charge in [0, 0.05) is 0 Å². The Morgan fingerprint density at radius 1 is 1.32 bits per heavy atom. The van der Waals surface area contributed by atoms with E-state index in [1.807, 2.05) is 0 Å². The van der Waals surface area contributed by atoms with Gasteiger partial charge in [0.15, 0.2) is 22.8 Å². The van der Waals surface area contributed by atoms with Gasteiger partial charge in [-0.25, -0.2) is 24.9 Å². The van der Waals surface area contributed by atoms with Crippen LogP contribution >= 0.6 is 0 Å². The molecule has 2 aromatic rings.